The van der Waals surface area contributed by atoms with Crippen LogP contribution < -0.4 is 24.2 Å². The molecule has 2 N–H and O–H groups in total. The number of pyridine rings is 1. The summed E-state index contributed by atoms with van der Waals surface area (Å²) in [5.74, 6) is -0.807. The number of carbonyl (C=O) groups excluding carboxylic acids is 1. The molecule has 0 aliphatic rings. The van der Waals surface area contributed by atoms with Crippen molar-refractivity contribution >= 4 is 47.4 Å². The number of hydrogen-bond acceptors (Lipinski definition) is 4. The zero-order valence-corrected chi connectivity index (χ0v) is 21.0. The van der Waals surface area contributed by atoms with Gasteiger partial charge in [0.25, 0.3) is 5.91 Å². The Labute approximate surface area is 222 Å². The van der Waals surface area contributed by atoms with Crippen molar-refractivity contribution in [2.75, 3.05) is 12.0 Å². The van der Waals surface area contributed by atoms with E-state index in [1.807, 2.05) is 61.7 Å². The van der Waals surface area contributed by atoms with Crippen molar-refractivity contribution in [3.05, 3.63) is 88.2 Å². The third kappa shape index (κ3) is 7.25. The summed E-state index contributed by atoms with van der Waals surface area (Å²) in [5.41, 5.74) is 4.75. The van der Waals surface area contributed by atoms with E-state index in [0.29, 0.717) is 22.8 Å². The van der Waals surface area contributed by atoms with E-state index in [1.165, 1.54) is 0 Å². The molecule has 1 atom stereocenters. The van der Waals surface area contributed by atoms with Crippen LogP contribution in [0.1, 0.15) is 34.9 Å². The van der Waals surface area contributed by atoms with Gasteiger partial charge in [0.05, 0.1) is 5.02 Å². The molecule has 0 saturated heterocycles. The quantitative estimate of drug-likeness (QED) is 0.453. The van der Waals surface area contributed by atoms with Crippen molar-refractivity contribution in [1.29, 1.82) is 0 Å². The molecule has 0 unspecified atom stereocenters. The topological polar surface area (TPSA) is 79.3 Å². The maximum Gasteiger partial charge on any atom is 1.00 e. The molecule has 8 heteroatoms. The van der Waals surface area contributed by atoms with Gasteiger partial charge in [0, 0.05) is 23.5 Å². The number of amides is 1. The molecule has 0 fully saturated rings. The number of aliphatic carboxylic acids is 1. The largest absolute Gasteiger partial charge is 1.00 e. The summed E-state index contributed by atoms with van der Waals surface area (Å²) < 4.78 is 0. The Kier molecular flexibility index (Phi) is 10.9. The monoisotopic (exact) mass is 488 g/mol. The van der Waals surface area contributed by atoms with E-state index in [-0.39, 0.29) is 20.3 Å². The summed E-state index contributed by atoms with van der Waals surface area (Å²) in [6.07, 6.45) is 9.35. The second-order valence-corrected chi connectivity index (χ2v) is 8.89. The molecule has 34 heavy (non-hydrogen) atoms. The number of benzene rings is 2. The van der Waals surface area contributed by atoms with Crippen molar-refractivity contribution < 1.29 is 35.0 Å². The van der Waals surface area contributed by atoms with Gasteiger partial charge in [-0.25, -0.2) is 4.79 Å². The molecule has 0 aliphatic heterocycles. The van der Waals surface area contributed by atoms with Gasteiger partial charge in [0.15, 0.2) is 0 Å². The van der Waals surface area contributed by atoms with Crippen LogP contribution in [0.25, 0.3) is 23.3 Å². The molecule has 3 aromatic rings. The molecule has 0 spiro atoms. The first-order chi connectivity index (χ1) is 15.9. The fourth-order valence-electron chi connectivity index (χ4n) is 3.39. The molecule has 0 aliphatic carbocycles. The number of halogens is 1. The van der Waals surface area contributed by atoms with Gasteiger partial charge in [-0.3, -0.25) is 9.78 Å². The maximum atomic E-state index is 13.1. The van der Waals surface area contributed by atoms with Crippen LogP contribution in [0.5, 0.6) is 0 Å². The smallest absolute Gasteiger partial charge is 1.00 e. The Morgan fingerprint density at radius 1 is 1.18 bits per heavy atom. The summed E-state index contributed by atoms with van der Waals surface area (Å²) in [5, 5.41) is 12.8. The summed E-state index contributed by atoms with van der Waals surface area (Å²) in [7, 11) is 0. The molecule has 5 nitrogen and oxygen atoms in total. The van der Waals surface area contributed by atoms with E-state index >= 15 is 0 Å². The molecule has 1 amide bonds. The summed E-state index contributed by atoms with van der Waals surface area (Å²) in [4.78, 5) is 28.9. The SMILES string of the molecule is CSCC[C@H](NC(=O)c1ccc(C=Cc2cnccc2Cl)cc1-c1ccccc1C)C(=O)O.[H-].[Li+]. The van der Waals surface area contributed by atoms with Gasteiger partial charge < -0.3 is 11.8 Å². The summed E-state index contributed by atoms with van der Waals surface area (Å²) in [6, 6.07) is 14.1. The van der Waals surface area contributed by atoms with Gasteiger partial charge in [-0.1, -0.05) is 54.1 Å². The Bertz CT molecular complexity index is 1190. The minimum Gasteiger partial charge on any atom is -1.00 e. The van der Waals surface area contributed by atoms with Crippen LogP contribution >= 0.6 is 23.4 Å². The van der Waals surface area contributed by atoms with Crippen molar-refractivity contribution in [2.24, 2.45) is 0 Å². The van der Waals surface area contributed by atoms with Crippen LogP contribution in [0.3, 0.4) is 0 Å². The maximum absolute atomic E-state index is 13.1. The number of thioether (sulfide) groups is 1. The number of hydrogen-bond donors (Lipinski definition) is 2. The van der Waals surface area contributed by atoms with E-state index in [0.717, 1.165) is 27.8 Å². The number of carbonyl (C=O) groups is 2. The van der Waals surface area contributed by atoms with Crippen molar-refractivity contribution in [3.63, 3.8) is 0 Å². The minimum atomic E-state index is -1.04. The third-order valence-corrected chi connectivity index (χ3v) is 6.18. The van der Waals surface area contributed by atoms with Gasteiger partial charge >= 0.3 is 24.8 Å². The van der Waals surface area contributed by atoms with Gasteiger partial charge in [0.2, 0.25) is 0 Å². The van der Waals surface area contributed by atoms with Crippen LogP contribution in [0.4, 0.5) is 0 Å². The second-order valence-electron chi connectivity index (χ2n) is 7.50. The first-order valence-electron chi connectivity index (χ1n) is 10.4. The molecule has 2 aromatic carbocycles. The van der Waals surface area contributed by atoms with E-state index in [1.54, 1.807) is 36.3 Å². The van der Waals surface area contributed by atoms with Crippen LogP contribution in [0.2, 0.25) is 5.02 Å². The van der Waals surface area contributed by atoms with Gasteiger partial charge in [-0.05, 0) is 65.8 Å². The Morgan fingerprint density at radius 2 is 1.94 bits per heavy atom. The van der Waals surface area contributed by atoms with E-state index in [9.17, 15) is 14.7 Å². The van der Waals surface area contributed by atoms with Gasteiger partial charge in [-0.15, -0.1) is 0 Å². The zero-order chi connectivity index (χ0) is 23.8. The zero-order valence-electron chi connectivity index (χ0n) is 20.4. The van der Waals surface area contributed by atoms with Crippen molar-refractivity contribution in [1.82, 2.24) is 10.3 Å². The first-order valence-corrected chi connectivity index (χ1v) is 12.2. The van der Waals surface area contributed by atoms with Crippen LogP contribution in [-0.4, -0.2) is 40.0 Å². The average molecular weight is 489 g/mol. The number of rotatable bonds is 9. The average Bonchev–Trinajstić information content (AvgIpc) is 2.81. The van der Waals surface area contributed by atoms with Crippen molar-refractivity contribution in [2.45, 2.75) is 19.4 Å². The number of carboxylic acids is 1. The number of nitrogens with one attached hydrogen (secondary N) is 1. The molecule has 1 heterocycles. The van der Waals surface area contributed by atoms with Crippen LogP contribution in [0.15, 0.2) is 60.9 Å². The van der Waals surface area contributed by atoms with Crippen molar-refractivity contribution in [3.8, 4) is 11.1 Å². The molecular weight excluding hydrogens is 463 g/mol. The molecule has 172 valence electrons. The van der Waals surface area contributed by atoms with Gasteiger partial charge in [0.1, 0.15) is 6.04 Å². The number of nitrogens with zero attached hydrogens (tertiary/aromatic N) is 1. The second kappa shape index (κ2) is 13.4. The normalized spacial score (nSPS) is 11.6. The third-order valence-electron chi connectivity index (χ3n) is 5.19. The Balaban J connectivity index is 0.00000306. The molecule has 0 bridgehead atoms. The van der Waals surface area contributed by atoms with Crippen LogP contribution in [-0.2, 0) is 4.79 Å². The predicted octanol–water partition coefficient (Wildman–Crippen LogP) is 2.93. The summed E-state index contributed by atoms with van der Waals surface area (Å²) in [6.45, 7) is 1.98. The van der Waals surface area contributed by atoms with E-state index in [2.05, 4.69) is 10.3 Å². The molecule has 0 radical (unpaired) electrons. The minimum absolute atomic E-state index is 0. The van der Waals surface area contributed by atoms with E-state index < -0.39 is 17.9 Å². The standard InChI is InChI=1S/C26H25ClN2O3S.Li.H/c1-17-5-3-4-6-20(17)22-15-18(7-9-19-16-28-13-11-23(19)27)8-10-21(22)25(30)29-24(26(31)32)12-14-33-2;;/h3-11,13,15-16,24H,12,14H2,1-2H3,(H,29,30)(H,31,32);;/q;+1;-1/t24-;;/m0../s1. The Morgan fingerprint density at radius 3 is 2.62 bits per heavy atom. The fraction of sp³-hybridized carbons (Fsp3) is 0.192. The van der Waals surface area contributed by atoms with Gasteiger partial charge in [-0.2, -0.15) is 11.8 Å². The molecule has 3 rings (SSSR count). The number of aryl methyl sites for hydroxylation is 1. The Hall–Kier alpha value is -2.49. The number of carboxylic acid groups (broad SMARTS) is 1. The number of aromatic nitrogens is 1. The van der Waals surface area contributed by atoms with Crippen LogP contribution in [0, 0.1) is 6.92 Å². The van der Waals surface area contributed by atoms with E-state index in [4.69, 9.17) is 11.6 Å². The summed E-state index contributed by atoms with van der Waals surface area (Å²) >= 11 is 7.76. The first kappa shape index (κ1) is 27.7. The molecule has 1 aromatic heterocycles. The fourth-order valence-corrected chi connectivity index (χ4v) is 4.03. The molecular formula is C26H26ClLiN2O3S. The molecule has 0 saturated carbocycles. The predicted molar refractivity (Wildman–Crippen MR) is 138 cm³/mol.